The zero-order chi connectivity index (χ0) is 10.8. The number of hydrogen-bond acceptors (Lipinski definition) is 3. The van der Waals surface area contributed by atoms with Gasteiger partial charge in [-0.3, -0.25) is 0 Å². The molecule has 1 unspecified atom stereocenters. The van der Waals surface area contributed by atoms with Crippen molar-refractivity contribution in [2.24, 2.45) is 0 Å². The number of ether oxygens (including phenoxy) is 1. The van der Waals surface area contributed by atoms with Gasteiger partial charge < -0.3 is 9.84 Å². The van der Waals surface area contributed by atoms with Crippen LogP contribution in [0.1, 0.15) is 6.42 Å². The number of carboxylic acids is 1. The van der Waals surface area contributed by atoms with E-state index < -0.39 is 24.4 Å². The smallest absolute Gasteiger partial charge is 0.411 e. The average Bonchev–Trinajstić information content (AvgIpc) is 2.48. The Morgan fingerprint density at radius 1 is 1.57 bits per heavy atom. The fourth-order valence-electron chi connectivity index (χ4n) is 1.11. The molecule has 1 aliphatic heterocycles. The second-order valence-corrected chi connectivity index (χ2v) is 4.11. The fraction of sp³-hybridized carbons (Fsp3) is 0.857. The first-order valence-corrected chi connectivity index (χ1v) is 5.03. The standard InChI is InChI=1S/C7H9F3O3S/c8-7(9,10)3-13-6(5(11)12)1-2-14-4-6/h1-4H2,(H,11,12). The summed E-state index contributed by atoms with van der Waals surface area (Å²) in [5, 5.41) is 8.75. The average molecular weight is 230 g/mol. The van der Waals surface area contributed by atoms with Crippen molar-refractivity contribution < 1.29 is 27.8 Å². The molecule has 82 valence electrons. The largest absolute Gasteiger partial charge is 0.479 e. The Kier molecular flexibility index (Phi) is 3.31. The van der Waals surface area contributed by atoms with Gasteiger partial charge in [-0.25, -0.2) is 4.79 Å². The molecule has 1 saturated heterocycles. The molecule has 0 aromatic carbocycles. The van der Waals surface area contributed by atoms with Gasteiger partial charge in [-0.1, -0.05) is 0 Å². The van der Waals surface area contributed by atoms with Crippen LogP contribution in [0.2, 0.25) is 0 Å². The zero-order valence-electron chi connectivity index (χ0n) is 7.13. The molecule has 7 heteroatoms. The summed E-state index contributed by atoms with van der Waals surface area (Å²) < 4.78 is 39.9. The molecule has 1 atom stereocenters. The van der Waals surface area contributed by atoms with Crippen molar-refractivity contribution in [3.05, 3.63) is 0 Å². The topological polar surface area (TPSA) is 46.5 Å². The Balaban J connectivity index is 2.57. The molecule has 1 heterocycles. The van der Waals surface area contributed by atoms with E-state index in [0.29, 0.717) is 5.75 Å². The number of rotatable bonds is 3. The van der Waals surface area contributed by atoms with Gasteiger partial charge in [-0.15, -0.1) is 0 Å². The van der Waals surface area contributed by atoms with Crippen molar-refractivity contribution in [3.8, 4) is 0 Å². The normalized spacial score (nSPS) is 27.9. The molecule has 1 aliphatic rings. The Hall–Kier alpha value is -0.430. The fourth-order valence-corrected chi connectivity index (χ4v) is 2.41. The van der Waals surface area contributed by atoms with Gasteiger partial charge >= 0.3 is 12.1 Å². The van der Waals surface area contributed by atoms with Crippen LogP contribution in [-0.2, 0) is 9.53 Å². The van der Waals surface area contributed by atoms with Crippen LogP contribution in [0.5, 0.6) is 0 Å². The number of alkyl halides is 3. The minimum atomic E-state index is -4.48. The third-order valence-corrected chi connectivity index (χ3v) is 3.05. The van der Waals surface area contributed by atoms with Gasteiger partial charge in [0.2, 0.25) is 0 Å². The lowest BCUT2D eigenvalue weighted by atomic mass is 10.0. The van der Waals surface area contributed by atoms with E-state index in [1.807, 2.05) is 0 Å². The first kappa shape index (κ1) is 11.6. The van der Waals surface area contributed by atoms with Crippen LogP contribution in [0.4, 0.5) is 13.2 Å². The van der Waals surface area contributed by atoms with Crippen molar-refractivity contribution in [1.82, 2.24) is 0 Å². The van der Waals surface area contributed by atoms with E-state index >= 15 is 0 Å². The predicted molar refractivity (Wildman–Crippen MR) is 44.3 cm³/mol. The molecule has 0 aliphatic carbocycles. The molecule has 0 aromatic heterocycles. The molecule has 1 N–H and O–H groups in total. The summed E-state index contributed by atoms with van der Waals surface area (Å²) in [6, 6.07) is 0. The highest BCUT2D eigenvalue weighted by molar-refractivity contribution is 7.99. The van der Waals surface area contributed by atoms with E-state index in [0.717, 1.165) is 0 Å². The zero-order valence-corrected chi connectivity index (χ0v) is 7.95. The highest BCUT2D eigenvalue weighted by Gasteiger charge is 2.45. The third kappa shape index (κ3) is 2.78. The summed E-state index contributed by atoms with van der Waals surface area (Å²) in [6.45, 7) is -1.50. The Morgan fingerprint density at radius 3 is 2.57 bits per heavy atom. The van der Waals surface area contributed by atoms with Gasteiger partial charge in [-0.2, -0.15) is 24.9 Å². The Labute approximate surface area is 82.6 Å². The van der Waals surface area contributed by atoms with Crippen LogP contribution >= 0.6 is 11.8 Å². The van der Waals surface area contributed by atoms with Gasteiger partial charge in [0, 0.05) is 5.75 Å². The van der Waals surface area contributed by atoms with Crippen molar-refractivity contribution in [1.29, 1.82) is 0 Å². The molecule has 0 spiro atoms. The van der Waals surface area contributed by atoms with Gasteiger partial charge in [0.25, 0.3) is 0 Å². The van der Waals surface area contributed by atoms with E-state index in [1.165, 1.54) is 11.8 Å². The van der Waals surface area contributed by atoms with E-state index in [1.54, 1.807) is 0 Å². The molecule has 0 bridgehead atoms. The molecule has 14 heavy (non-hydrogen) atoms. The van der Waals surface area contributed by atoms with Crippen LogP contribution in [0, 0.1) is 0 Å². The third-order valence-electron chi connectivity index (χ3n) is 1.89. The first-order chi connectivity index (χ1) is 6.36. The van der Waals surface area contributed by atoms with Crippen molar-refractivity contribution in [3.63, 3.8) is 0 Å². The maximum atomic E-state index is 11.8. The van der Waals surface area contributed by atoms with Gasteiger partial charge in [0.05, 0.1) is 0 Å². The summed E-state index contributed by atoms with van der Waals surface area (Å²) in [7, 11) is 0. The highest BCUT2D eigenvalue weighted by atomic mass is 32.2. The molecule has 1 fully saturated rings. The second-order valence-electron chi connectivity index (χ2n) is 3.01. The van der Waals surface area contributed by atoms with Crippen LogP contribution in [0.15, 0.2) is 0 Å². The Morgan fingerprint density at radius 2 is 2.21 bits per heavy atom. The summed E-state index contributed by atoms with van der Waals surface area (Å²) in [5.74, 6) is -0.713. The van der Waals surface area contributed by atoms with Crippen LogP contribution in [0.3, 0.4) is 0 Å². The second kappa shape index (κ2) is 3.98. The number of aliphatic carboxylic acids is 1. The summed E-state index contributed by atoms with van der Waals surface area (Å²) in [6.07, 6.45) is -4.35. The lowest BCUT2D eigenvalue weighted by Gasteiger charge is -2.24. The molecule has 0 aromatic rings. The quantitative estimate of drug-likeness (QED) is 0.798. The molecule has 3 nitrogen and oxygen atoms in total. The number of carboxylic acid groups (broad SMARTS) is 1. The van der Waals surface area contributed by atoms with Gasteiger partial charge in [0.15, 0.2) is 5.60 Å². The molecule has 1 rings (SSSR count). The van der Waals surface area contributed by atoms with Crippen LogP contribution in [0.25, 0.3) is 0 Å². The van der Waals surface area contributed by atoms with Crippen molar-refractivity contribution in [2.45, 2.75) is 18.2 Å². The number of carbonyl (C=O) groups is 1. The SMILES string of the molecule is O=C(O)C1(OCC(F)(F)F)CCSC1. The lowest BCUT2D eigenvalue weighted by molar-refractivity contribution is -0.208. The molecular formula is C7H9F3O3S. The highest BCUT2D eigenvalue weighted by Crippen LogP contribution is 2.33. The van der Waals surface area contributed by atoms with E-state index in [-0.39, 0.29) is 12.2 Å². The van der Waals surface area contributed by atoms with Crippen molar-refractivity contribution >= 4 is 17.7 Å². The number of hydrogen-bond donors (Lipinski definition) is 1. The first-order valence-electron chi connectivity index (χ1n) is 3.88. The molecular weight excluding hydrogens is 221 g/mol. The lowest BCUT2D eigenvalue weighted by Crippen LogP contribution is -2.43. The maximum absolute atomic E-state index is 11.8. The summed E-state index contributed by atoms with van der Waals surface area (Å²) in [5.41, 5.74) is -1.64. The summed E-state index contributed by atoms with van der Waals surface area (Å²) >= 11 is 1.29. The number of thioether (sulfide) groups is 1. The van der Waals surface area contributed by atoms with Gasteiger partial charge in [-0.05, 0) is 12.2 Å². The van der Waals surface area contributed by atoms with E-state index in [4.69, 9.17) is 5.11 Å². The van der Waals surface area contributed by atoms with Crippen LogP contribution < -0.4 is 0 Å². The maximum Gasteiger partial charge on any atom is 0.411 e. The molecule has 0 radical (unpaired) electrons. The van der Waals surface area contributed by atoms with Crippen LogP contribution in [-0.4, -0.2) is 41.0 Å². The minimum Gasteiger partial charge on any atom is -0.479 e. The molecule has 0 amide bonds. The van der Waals surface area contributed by atoms with Gasteiger partial charge in [0.1, 0.15) is 6.61 Å². The Bertz CT molecular complexity index is 223. The molecule has 0 saturated carbocycles. The van der Waals surface area contributed by atoms with E-state index in [2.05, 4.69) is 4.74 Å². The summed E-state index contributed by atoms with van der Waals surface area (Å²) in [4.78, 5) is 10.7. The monoisotopic (exact) mass is 230 g/mol. The van der Waals surface area contributed by atoms with Crippen molar-refractivity contribution in [2.75, 3.05) is 18.1 Å². The minimum absolute atomic E-state index is 0.0818. The predicted octanol–water partition coefficient (Wildman–Crippen LogP) is 1.53. The van der Waals surface area contributed by atoms with E-state index in [9.17, 15) is 18.0 Å². The number of halogens is 3.